The molecule has 0 aliphatic carbocycles. The highest BCUT2D eigenvalue weighted by molar-refractivity contribution is 5.79. The Hall–Kier alpha value is -2.41. The van der Waals surface area contributed by atoms with E-state index in [2.05, 4.69) is 20.6 Å². The third kappa shape index (κ3) is 6.36. The first kappa shape index (κ1) is 20.9. The van der Waals surface area contributed by atoms with Crippen molar-refractivity contribution in [3.63, 3.8) is 0 Å². The quantitative estimate of drug-likeness (QED) is 0.550. The minimum absolute atomic E-state index is 0.161. The van der Waals surface area contributed by atoms with E-state index in [4.69, 9.17) is 4.99 Å². The highest BCUT2D eigenvalue weighted by Crippen LogP contribution is 2.17. The molecule has 2 N–H and O–H groups in total. The van der Waals surface area contributed by atoms with Crippen molar-refractivity contribution in [3.8, 4) is 0 Å². The summed E-state index contributed by atoms with van der Waals surface area (Å²) in [6, 6.07) is 5.09. The van der Waals surface area contributed by atoms with Crippen LogP contribution in [0.25, 0.3) is 0 Å². The summed E-state index contributed by atoms with van der Waals surface area (Å²) in [5.74, 6) is 0.595. The van der Waals surface area contributed by atoms with Gasteiger partial charge in [-0.15, -0.1) is 0 Å². The standard InChI is InChI=1S/C20H31FN6/c1-6-22-20(23-10-9-16-7-8-18(21)11-15(16)2)24-13-19(26(3)4)17-12-25-27(5)14-17/h7-8,11-12,14,19H,6,9-10,13H2,1-5H3,(H2,22,23,24). The lowest BCUT2D eigenvalue weighted by molar-refractivity contribution is 0.306. The molecule has 7 heteroatoms. The molecule has 0 saturated heterocycles. The molecular weight excluding hydrogens is 343 g/mol. The van der Waals surface area contributed by atoms with Crippen LogP contribution in [0.3, 0.4) is 0 Å². The number of guanidine groups is 1. The van der Waals surface area contributed by atoms with Gasteiger partial charge in [-0.1, -0.05) is 6.07 Å². The maximum atomic E-state index is 13.2. The van der Waals surface area contributed by atoms with E-state index in [1.165, 1.54) is 6.07 Å². The van der Waals surface area contributed by atoms with Crippen LogP contribution in [-0.4, -0.2) is 54.4 Å². The number of likely N-dealkylation sites (N-methyl/N-ethyl adjacent to an activating group) is 1. The summed E-state index contributed by atoms with van der Waals surface area (Å²) in [7, 11) is 6.01. The van der Waals surface area contributed by atoms with E-state index in [9.17, 15) is 4.39 Å². The Morgan fingerprint density at radius 1 is 1.33 bits per heavy atom. The second-order valence-corrected chi connectivity index (χ2v) is 6.89. The van der Waals surface area contributed by atoms with Gasteiger partial charge in [-0.25, -0.2) is 4.39 Å². The van der Waals surface area contributed by atoms with E-state index in [1.807, 2.05) is 58.1 Å². The van der Waals surface area contributed by atoms with Crippen LogP contribution < -0.4 is 10.6 Å². The second kappa shape index (κ2) is 10.1. The summed E-state index contributed by atoms with van der Waals surface area (Å²) in [5, 5.41) is 10.9. The number of halogens is 1. The Morgan fingerprint density at radius 3 is 2.70 bits per heavy atom. The fourth-order valence-electron chi connectivity index (χ4n) is 2.95. The minimum atomic E-state index is -0.191. The van der Waals surface area contributed by atoms with Crippen molar-refractivity contribution in [3.05, 3.63) is 53.1 Å². The van der Waals surface area contributed by atoms with Crippen LogP contribution in [0, 0.1) is 12.7 Å². The van der Waals surface area contributed by atoms with Crippen LogP contribution >= 0.6 is 0 Å². The summed E-state index contributed by atoms with van der Waals surface area (Å²) in [4.78, 5) is 6.89. The van der Waals surface area contributed by atoms with Gasteiger partial charge in [0.15, 0.2) is 5.96 Å². The van der Waals surface area contributed by atoms with Gasteiger partial charge < -0.3 is 15.5 Å². The van der Waals surface area contributed by atoms with Crippen molar-refractivity contribution in [1.82, 2.24) is 25.3 Å². The van der Waals surface area contributed by atoms with Crippen molar-refractivity contribution in [2.75, 3.05) is 33.7 Å². The van der Waals surface area contributed by atoms with E-state index in [0.717, 1.165) is 42.2 Å². The van der Waals surface area contributed by atoms with Gasteiger partial charge in [0, 0.05) is 31.9 Å². The molecule has 1 aromatic heterocycles. The van der Waals surface area contributed by atoms with Crippen LogP contribution in [0.4, 0.5) is 4.39 Å². The second-order valence-electron chi connectivity index (χ2n) is 6.89. The number of rotatable bonds is 8. The Morgan fingerprint density at radius 2 is 2.11 bits per heavy atom. The average molecular weight is 375 g/mol. The van der Waals surface area contributed by atoms with Gasteiger partial charge in [-0.2, -0.15) is 5.10 Å². The summed E-state index contributed by atoms with van der Waals surface area (Å²) in [5.41, 5.74) is 3.26. The van der Waals surface area contributed by atoms with Crippen LogP contribution in [-0.2, 0) is 13.5 Å². The smallest absolute Gasteiger partial charge is 0.191 e. The third-order valence-corrected chi connectivity index (χ3v) is 4.49. The van der Waals surface area contributed by atoms with Crippen LogP contribution in [0.5, 0.6) is 0 Å². The number of nitrogens with zero attached hydrogens (tertiary/aromatic N) is 4. The molecule has 27 heavy (non-hydrogen) atoms. The van der Waals surface area contributed by atoms with Crippen LogP contribution in [0.2, 0.25) is 0 Å². The van der Waals surface area contributed by atoms with Crippen molar-refractivity contribution >= 4 is 5.96 Å². The van der Waals surface area contributed by atoms with Gasteiger partial charge in [-0.3, -0.25) is 9.67 Å². The normalized spacial score (nSPS) is 13.1. The van der Waals surface area contributed by atoms with Gasteiger partial charge in [0.1, 0.15) is 5.82 Å². The summed E-state index contributed by atoms with van der Waals surface area (Å²) >= 11 is 0. The zero-order chi connectivity index (χ0) is 19.8. The van der Waals surface area contributed by atoms with Gasteiger partial charge in [-0.05, 0) is 57.6 Å². The molecule has 0 saturated carbocycles. The lowest BCUT2D eigenvalue weighted by Gasteiger charge is -2.22. The topological polar surface area (TPSA) is 57.5 Å². The molecule has 0 aliphatic heterocycles. The van der Waals surface area contributed by atoms with Crippen molar-refractivity contribution in [2.24, 2.45) is 12.0 Å². The number of hydrogen-bond acceptors (Lipinski definition) is 3. The summed E-state index contributed by atoms with van der Waals surface area (Å²) in [6.45, 7) is 6.14. The molecule has 0 bridgehead atoms. The number of aromatic nitrogens is 2. The molecule has 6 nitrogen and oxygen atoms in total. The molecule has 1 atom stereocenters. The highest BCUT2D eigenvalue weighted by atomic mass is 19.1. The first-order valence-corrected chi connectivity index (χ1v) is 9.33. The van der Waals surface area contributed by atoms with Gasteiger partial charge in [0.05, 0.1) is 18.8 Å². The molecule has 1 aromatic carbocycles. The fraction of sp³-hybridized carbons (Fsp3) is 0.500. The van der Waals surface area contributed by atoms with E-state index in [1.54, 1.807) is 6.07 Å². The molecule has 0 aliphatic rings. The Labute approximate surface area is 161 Å². The lowest BCUT2D eigenvalue weighted by atomic mass is 10.1. The molecule has 2 rings (SSSR count). The third-order valence-electron chi connectivity index (χ3n) is 4.49. The zero-order valence-electron chi connectivity index (χ0n) is 17.0. The number of nitrogens with one attached hydrogen (secondary N) is 2. The first-order valence-electron chi connectivity index (χ1n) is 9.33. The molecule has 0 fully saturated rings. The van der Waals surface area contributed by atoms with Gasteiger partial charge in [0.2, 0.25) is 0 Å². The van der Waals surface area contributed by atoms with Crippen molar-refractivity contribution in [2.45, 2.75) is 26.3 Å². The maximum absolute atomic E-state index is 13.2. The Balaban J connectivity index is 1.98. The van der Waals surface area contributed by atoms with Crippen molar-refractivity contribution in [1.29, 1.82) is 0 Å². The maximum Gasteiger partial charge on any atom is 0.191 e. The lowest BCUT2D eigenvalue weighted by Crippen LogP contribution is -2.39. The summed E-state index contributed by atoms with van der Waals surface area (Å²) in [6.07, 6.45) is 4.73. The van der Waals surface area contributed by atoms with Crippen molar-refractivity contribution < 1.29 is 4.39 Å². The van der Waals surface area contributed by atoms with Gasteiger partial charge in [0.25, 0.3) is 0 Å². The Kier molecular flexibility index (Phi) is 7.79. The molecule has 1 unspecified atom stereocenters. The molecule has 0 amide bonds. The largest absolute Gasteiger partial charge is 0.357 e. The fourth-order valence-corrected chi connectivity index (χ4v) is 2.95. The molecule has 0 spiro atoms. The summed E-state index contributed by atoms with van der Waals surface area (Å²) < 4.78 is 15.0. The molecule has 1 heterocycles. The predicted molar refractivity (Wildman–Crippen MR) is 108 cm³/mol. The average Bonchev–Trinajstić information content (AvgIpc) is 3.02. The van der Waals surface area contributed by atoms with Gasteiger partial charge >= 0.3 is 0 Å². The Bertz CT molecular complexity index is 753. The number of aryl methyl sites for hydroxylation is 2. The molecule has 148 valence electrons. The number of hydrogen-bond donors (Lipinski definition) is 2. The monoisotopic (exact) mass is 374 g/mol. The number of aliphatic imine (C=N–C) groups is 1. The van der Waals surface area contributed by atoms with E-state index in [0.29, 0.717) is 6.54 Å². The number of benzene rings is 1. The highest BCUT2D eigenvalue weighted by Gasteiger charge is 2.15. The molecule has 0 radical (unpaired) electrons. The van der Waals surface area contributed by atoms with E-state index < -0.39 is 0 Å². The predicted octanol–water partition coefficient (Wildman–Crippen LogP) is 2.27. The van der Waals surface area contributed by atoms with Crippen LogP contribution in [0.15, 0.2) is 35.6 Å². The first-order chi connectivity index (χ1) is 12.9. The molecule has 2 aromatic rings. The van der Waals surface area contributed by atoms with Crippen LogP contribution in [0.1, 0.15) is 29.7 Å². The van der Waals surface area contributed by atoms with E-state index >= 15 is 0 Å². The molecular formula is C20H31FN6. The zero-order valence-corrected chi connectivity index (χ0v) is 17.0. The minimum Gasteiger partial charge on any atom is -0.357 e. The van der Waals surface area contributed by atoms with E-state index in [-0.39, 0.29) is 11.9 Å². The SMILES string of the molecule is CCNC(=NCC(c1cnn(C)c1)N(C)C)NCCc1ccc(F)cc1C.